The number of carbonyl (C=O) groups excluding carboxylic acids is 1. The molecular formula is C17H13N5O. The Kier molecular flexibility index (Phi) is 3.12. The van der Waals surface area contributed by atoms with Crippen molar-refractivity contribution in [2.45, 2.75) is 0 Å². The number of aromatic amines is 1. The molecule has 3 aromatic rings. The minimum Gasteiger partial charge on any atom is -0.346 e. The maximum atomic E-state index is 12.1. The van der Waals surface area contributed by atoms with E-state index in [0.29, 0.717) is 11.4 Å². The second-order valence-electron chi connectivity index (χ2n) is 5.09. The van der Waals surface area contributed by atoms with Gasteiger partial charge in [-0.3, -0.25) is 4.79 Å². The number of hydrazone groups is 1. The first-order valence-electron chi connectivity index (χ1n) is 7.15. The predicted octanol–water partition coefficient (Wildman–Crippen LogP) is 2.50. The van der Waals surface area contributed by atoms with Crippen LogP contribution in [0.15, 0.2) is 65.5 Å². The quantitative estimate of drug-likeness (QED) is 0.636. The number of benzene rings is 1. The van der Waals surface area contributed by atoms with Crippen LogP contribution in [-0.4, -0.2) is 21.7 Å². The number of hydrogen-bond acceptors (Lipinski definition) is 4. The molecule has 0 radical (unpaired) electrons. The number of aromatic nitrogens is 2. The van der Waals surface area contributed by atoms with E-state index in [1.54, 1.807) is 12.3 Å². The number of para-hydroxylation sites is 1. The lowest BCUT2D eigenvalue weighted by Crippen LogP contribution is -2.16. The van der Waals surface area contributed by atoms with Crippen molar-refractivity contribution < 1.29 is 4.79 Å². The molecule has 0 saturated carbocycles. The number of H-pyrrole nitrogens is 1. The van der Waals surface area contributed by atoms with E-state index in [2.05, 4.69) is 25.8 Å². The van der Waals surface area contributed by atoms with Crippen LogP contribution in [0.5, 0.6) is 0 Å². The molecule has 1 aliphatic rings. The second-order valence-corrected chi connectivity index (χ2v) is 5.09. The molecule has 0 unspecified atom stereocenters. The number of nitrogens with one attached hydrogen (secondary N) is 3. The molecule has 0 atom stereocenters. The van der Waals surface area contributed by atoms with Crippen LogP contribution in [0, 0.1) is 0 Å². The van der Waals surface area contributed by atoms with E-state index in [-0.39, 0.29) is 5.91 Å². The van der Waals surface area contributed by atoms with Gasteiger partial charge in [0.15, 0.2) is 5.84 Å². The van der Waals surface area contributed by atoms with Gasteiger partial charge in [0, 0.05) is 29.0 Å². The van der Waals surface area contributed by atoms with Crippen LogP contribution in [0.4, 0.5) is 5.69 Å². The van der Waals surface area contributed by atoms with Crippen molar-refractivity contribution in [1.82, 2.24) is 15.4 Å². The number of amides is 1. The zero-order chi connectivity index (χ0) is 15.6. The first-order valence-corrected chi connectivity index (χ1v) is 7.15. The topological polar surface area (TPSA) is 82.2 Å². The largest absolute Gasteiger partial charge is 0.346 e. The fraction of sp³-hybridized carbons (Fsp3) is 0. The summed E-state index contributed by atoms with van der Waals surface area (Å²) in [5.41, 5.74) is 5.52. The highest BCUT2D eigenvalue weighted by molar-refractivity contribution is 6.30. The Labute approximate surface area is 131 Å². The van der Waals surface area contributed by atoms with E-state index >= 15 is 0 Å². The molecule has 23 heavy (non-hydrogen) atoms. The van der Waals surface area contributed by atoms with Gasteiger partial charge in [-0.05, 0) is 30.3 Å². The molecule has 1 aliphatic heterocycles. The van der Waals surface area contributed by atoms with Gasteiger partial charge < -0.3 is 10.3 Å². The molecule has 6 nitrogen and oxygen atoms in total. The number of amidine groups is 1. The van der Waals surface area contributed by atoms with Gasteiger partial charge in [0.05, 0.1) is 5.57 Å². The average molecular weight is 303 g/mol. The van der Waals surface area contributed by atoms with Crippen LogP contribution >= 0.6 is 0 Å². The van der Waals surface area contributed by atoms with Gasteiger partial charge in [0.1, 0.15) is 5.65 Å². The SMILES string of the molecule is O=C1NN=C(Nc2ccccc2)/C1=C/c1c[nH]c2ncccc12. The zero-order valence-electron chi connectivity index (χ0n) is 12.1. The molecule has 4 rings (SSSR count). The number of anilines is 1. The third-order valence-corrected chi connectivity index (χ3v) is 3.59. The monoisotopic (exact) mass is 303 g/mol. The van der Waals surface area contributed by atoms with E-state index in [9.17, 15) is 4.79 Å². The molecule has 0 aliphatic carbocycles. The number of carbonyl (C=O) groups is 1. The molecule has 3 N–H and O–H groups in total. The Bertz CT molecular complexity index is 940. The lowest BCUT2D eigenvalue weighted by molar-refractivity contribution is -0.116. The predicted molar refractivity (Wildman–Crippen MR) is 89.7 cm³/mol. The maximum absolute atomic E-state index is 12.1. The van der Waals surface area contributed by atoms with Gasteiger partial charge in [-0.2, -0.15) is 5.10 Å². The minimum absolute atomic E-state index is 0.235. The lowest BCUT2D eigenvalue weighted by atomic mass is 10.1. The molecule has 1 aromatic carbocycles. The highest BCUT2D eigenvalue weighted by atomic mass is 16.2. The molecule has 112 valence electrons. The van der Waals surface area contributed by atoms with Crippen LogP contribution in [0.25, 0.3) is 17.1 Å². The molecule has 1 amide bonds. The summed E-state index contributed by atoms with van der Waals surface area (Å²) in [5, 5.41) is 8.18. The minimum atomic E-state index is -0.235. The Balaban J connectivity index is 1.71. The van der Waals surface area contributed by atoms with Crippen LogP contribution in [0.3, 0.4) is 0 Å². The highest BCUT2D eigenvalue weighted by Gasteiger charge is 2.23. The van der Waals surface area contributed by atoms with E-state index in [4.69, 9.17) is 0 Å². The molecule has 2 aromatic heterocycles. The van der Waals surface area contributed by atoms with Crippen molar-refractivity contribution in [2.24, 2.45) is 5.10 Å². The molecular weight excluding hydrogens is 290 g/mol. The standard InChI is InChI=1S/C17H13N5O/c23-17-14(9-11-10-19-15-13(11)7-4-8-18-15)16(21-22-17)20-12-5-2-1-3-6-12/h1-10H,(H,18,19)(H,20,21)(H,22,23)/b14-9-. The van der Waals surface area contributed by atoms with Crippen molar-refractivity contribution in [3.8, 4) is 0 Å². The van der Waals surface area contributed by atoms with Crippen molar-refractivity contribution in [3.05, 3.63) is 66.0 Å². The van der Waals surface area contributed by atoms with Crippen LogP contribution < -0.4 is 10.7 Å². The summed E-state index contributed by atoms with van der Waals surface area (Å²) in [6.45, 7) is 0. The molecule has 6 heteroatoms. The summed E-state index contributed by atoms with van der Waals surface area (Å²) >= 11 is 0. The molecule has 0 saturated heterocycles. The number of nitrogens with zero attached hydrogens (tertiary/aromatic N) is 2. The van der Waals surface area contributed by atoms with Gasteiger partial charge >= 0.3 is 0 Å². The second kappa shape index (κ2) is 5.42. The normalized spacial score (nSPS) is 15.7. The summed E-state index contributed by atoms with van der Waals surface area (Å²) in [4.78, 5) is 19.4. The molecule has 0 fully saturated rings. The average Bonchev–Trinajstić information content (AvgIpc) is 3.15. The van der Waals surface area contributed by atoms with Crippen molar-refractivity contribution in [1.29, 1.82) is 0 Å². The van der Waals surface area contributed by atoms with Crippen molar-refractivity contribution in [3.63, 3.8) is 0 Å². The van der Waals surface area contributed by atoms with Gasteiger partial charge in [-0.1, -0.05) is 18.2 Å². The van der Waals surface area contributed by atoms with E-state index < -0.39 is 0 Å². The summed E-state index contributed by atoms with van der Waals surface area (Å²) in [7, 11) is 0. The Morgan fingerprint density at radius 3 is 2.83 bits per heavy atom. The third kappa shape index (κ3) is 2.46. The highest BCUT2D eigenvalue weighted by Crippen LogP contribution is 2.21. The van der Waals surface area contributed by atoms with Gasteiger partial charge in [0.25, 0.3) is 5.91 Å². The first kappa shape index (κ1) is 13.3. The van der Waals surface area contributed by atoms with Gasteiger partial charge in [0.2, 0.25) is 0 Å². The lowest BCUT2D eigenvalue weighted by Gasteiger charge is -2.05. The Morgan fingerprint density at radius 1 is 1.09 bits per heavy atom. The third-order valence-electron chi connectivity index (χ3n) is 3.59. The van der Waals surface area contributed by atoms with Crippen molar-refractivity contribution in [2.75, 3.05) is 5.32 Å². The fourth-order valence-corrected chi connectivity index (χ4v) is 2.47. The van der Waals surface area contributed by atoms with E-state index in [0.717, 1.165) is 22.3 Å². The van der Waals surface area contributed by atoms with E-state index in [1.165, 1.54) is 0 Å². The Hall–Kier alpha value is -3.41. The summed E-state index contributed by atoms with van der Waals surface area (Å²) in [6, 6.07) is 13.4. The summed E-state index contributed by atoms with van der Waals surface area (Å²) in [5.74, 6) is 0.265. The fourth-order valence-electron chi connectivity index (χ4n) is 2.47. The molecule has 0 spiro atoms. The zero-order valence-corrected chi connectivity index (χ0v) is 12.1. The van der Waals surface area contributed by atoms with Crippen LogP contribution in [0.2, 0.25) is 0 Å². The van der Waals surface area contributed by atoms with E-state index in [1.807, 2.05) is 48.7 Å². The molecule has 0 bridgehead atoms. The summed E-state index contributed by atoms with van der Waals surface area (Å²) < 4.78 is 0. The number of rotatable bonds is 2. The Morgan fingerprint density at radius 2 is 1.96 bits per heavy atom. The van der Waals surface area contributed by atoms with Gasteiger partial charge in [-0.15, -0.1) is 0 Å². The first-order chi connectivity index (χ1) is 11.3. The number of pyridine rings is 1. The summed E-state index contributed by atoms with van der Waals surface area (Å²) in [6.07, 6.45) is 5.36. The van der Waals surface area contributed by atoms with Crippen LogP contribution in [0.1, 0.15) is 5.56 Å². The van der Waals surface area contributed by atoms with Gasteiger partial charge in [-0.25, -0.2) is 10.4 Å². The molecule has 3 heterocycles. The number of fused-ring (bicyclic) bond motifs is 1. The van der Waals surface area contributed by atoms with Crippen molar-refractivity contribution >= 4 is 34.5 Å². The smallest absolute Gasteiger partial charge is 0.275 e. The van der Waals surface area contributed by atoms with Crippen LogP contribution in [-0.2, 0) is 4.79 Å². The maximum Gasteiger partial charge on any atom is 0.275 e. The number of hydrogen-bond donors (Lipinski definition) is 3.